The number of hydrogen-bond acceptors (Lipinski definition) is 7. The summed E-state index contributed by atoms with van der Waals surface area (Å²) in [5.74, 6) is 1.26. The third-order valence-corrected chi connectivity index (χ3v) is 7.94. The molecule has 0 N–H and O–H groups in total. The van der Waals surface area contributed by atoms with E-state index in [9.17, 15) is 8.42 Å². The molecule has 0 spiro atoms. The highest BCUT2D eigenvalue weighted by Crippen LogP contribution is 2.29. The molecule has 25 heavy (non-hydrogen) atoms. The van der Waals surface area contributed by atoms with Crippen molar-refractivity contribution in [2.45, 2.75) is 36.9 Å². The molecule has 3 heterocycles. The molecule has 0 saturated carbocycles. The first kappa shape index (κ1) is 19.0. The average molecular weight is 449 g/mol. The molecular weight excluding hydrogens is 428 g/mol. The van der Waals surface area contributed by atoms with Crippen LogP contribution in [0.3, 0.4) is 0 Å². The Morgan fingerprint density at radius 1 is 1.24 bits per heavy atom. The second kappa shape index (κ2) is 7.07. The van der Waals surface area contributed by atoms with Gasteiger partial charge in [-0.1, -0.05) is 25.9 Å². The Balaban J connectivity index is 1.59. The minimum absolute atomic E-state index is 0.174. The fraction of sp³-hybridized carbons (Fsp3) is 0.600. The van der Waals surface area contributed by atoms with E-state index in [2.05, 4.69) is 31.0 Å². The number of rotatable bonds is 4. The number of piperazine rings is 1. The van der Waals surface area contributed by atoms with Gasteiger partial charge in [0.25, 0.3) is 10.0 Å². The van der Waals surface area contributed by atoms with Crippen molar-refractivity contribution in [3.8, 4) is 0 Å². The molecule has 2 aromatic heterocycles. The lowest BCUT2D eigenvalue weighted by atomic mass is 9.97. The molecule has 1 aliphatic heterocycles. The van der Waals surface area contributed by atoms with Gasteiger partial charge in [0.05, 0.1) is 10.3 Å². The quantitative estimate of drug-likeness (QED) is 0.714. The number of thiophene rings is 1. The van der Waals surface area contributed by atoms with Gasteiger partial charge in [-0.3, -0.25) is 4.90 Å². The number of aromatic nitrogens is 2. The predicted molar refractivity (Wildman–Crippen MR) is 99.1 cm³/mol. The van der Waals surface area contributed by atoms with E-state index >= 15 is 0 Å². The molecule has 0 unspecified atom stereocenters. The lowest BCUT2D eigenvalue weighted by Gasteiger charge is -2.32. The maximum absolute atomic E-state index is 12.6. The molecule has 1 aliphatic rings. The summed E-state index contributed by atoms with van der Waals surface area (Å²) in [4.78, 5) is 6.59. The van der Waals surface area contributed by atoms with E-state index in [0.29, 0.717) is 48.6 Å². The standard InChI is InChI=1S/C15H21BrN4O3S2/c1-15(2,3)14-17-12(18-23-14)10-19-6-8-20(9-7-19)25(21,22)13-5-4-11(16)24-13/h4-5H,6-10H2,1-3H3. The molecule has 0 atom stereocenters. The van der Waals surface area contributed by atoms with Crippen LogP contribution >= 0.6 is 27.3 Å². The summed E-state index contributed by atoms with van der Waals surface area (Å²) < 4.78 is 33.3. The minimum Gasteiger partial charge on any atom is -0.339 e. The van der Waals surface area contributed by atoms with Crippen LogP contribution in [0, 0.1) is 0 Å². The van der Waals surface area contributed by atoms with E-state index in [1.807, 2.05) is 20.8 Å². The van der Waals surface area contributed by atoms with E-state index in [1.165, 1.54) is 11.3 Å². The SMILES string of the molecule is CC(C)(C)c1nc(CN2CCN(S(=O)(=O)c3ccc(Br)s3)CC2)no1. The molecule has 2 aromatic rings. The molecule has 0 bridgehead atoms. The van der Waals surface area contributed by atoms with Crippen molar-refractivity contribution < 1.29 is 12.9 Å². The Bertz CT molecular complexity index is 833. The zero-order valence-corrected chi connectivity index (χ0v) is 17.6. The maximum Gasteiger partial charge on any atom is 0.252 e. The smallest absolute Gasteiger partial charge is 0.252 e. The summed E-state index contributed by atoms with van der Waals surface area (Å²) in [6, 6.07) is 3.40. The predicted octanol–water partition coefficient (Wildman–Crippen LogP) is 2.70. The monoisotopic (exact) mass is 448 g/mol. The van der Waals surface area contributed by atoms with Gasteiger partial charge in [0.1, 0.15) is 4.21 Å². The molecule has 0 radical (unpaired) electrons. The fourth-order valence-electron chi connectivity index (χ4n) is 2.51. The Labute approximate surface area is 160 Å². The minimum atomic E-state index is -3.41. The molecule has 10 heteroatoms. The molecule has 3 rings (SSSR count). The summed E-state index contributed by atoms with van der Waals surface area (Å²) in [6.07, 6.45) is 0. The molecule has 0 amide bonds. The van der Waals surface area contributed by atoms with Crippen LogP contribution in [0.5, 0.6) is 0 Å². The Hall–Kier alpha value is -0.810. The molecular formula is C15H21BrN4O3S2. The second-order valence-electron chi connectivity index (χ2n) is 7.00. The molecule has 0 aliphatic carbocycles. The first-order valence-corrected chi connectivity index (χ1v) is 11.0. The van der Waals surface area contributed by atoms with Gasteiger partial charge < -0.3 is 4.52 Å². The van der Waals surface area contributed by atoms with Crippen molar-refractivity contribution in [3.05, 3.63) is 27.6 Å². The van der Waals surface area contributed by atoms with Gasteiger partial charge in [0, 0.05) is 31.6 Å². The number of sulfonamides is 1. The molecule has 7 nitrogen and oxygen atoms in total. The highest BCUT2D eigenvalue weighted by atomic mass is 79.9. The third-order valence-electron chi connectivity index (χ3n) is 3.95. The third kappa shape index (κ3) is 4.30. The van der Waals surface area contributed by atoms with Crippen LogP contribution in [0.2, 0.25) is 0 Å². The van der Waals surface area contributed by atoms with Gasteiger partial charge in [-0.2, -0.15) is 9.29 Å². The van der Waals surface area contributed by atoms with Gasteiger partial charge in [-0.15, -0.1) is 11.3 Å². The summed E-state index contributed by atoms with van der Waals surface area (Å²) in [5, 5.41) is 4.03. The van der Waals surface area contributed by atoms with Crippen molar-refractivity contribution in [2.75, 3.05) is 26.2 Å². The van der Waals surface area contributed by atoms with Gasteiger partial charge in [0.2, 0.25) is 5.89 Å². The van der Waals surface area contributed by atoms with E-state index < -0.39 is 10.0 Å². The largest absolute Gasteiger partial charge is 0.339 e. The summed E-state index contributed by atoms with van der Waals surface area (Å²) in [7, 11) is -3.41. The van der Waals surface area contributed by atoms with E-state index in [4.69, 9.17) is 4.52 Å². The zero-order chi connectivity index (χ0) is 18.2. The summed E-state index contributed by atoms with van der Waals surface area (Å²) >= 11 is 4.55. The fourth-order valence-corrected chi connectivity index (χ4v) is 6.10. The number of halogens is 1. The van der Waals surface area contributed by atoms with Crippen LogP contribution in [-0.4, -0.2) is 53.9 Å². The molecule has 0 aromatic carbocycles. The van der Waals surface area contributed by atoms with Crippen LogP contribution in [0.25, 0.3) is 0 Å². The van der Waals surface area contributed by atoms with Crippen molar-refractivity contribution in [3.63, 3.8) is 0 Å². The van der Waals surface area contributed by atoms with Crippen molar-refractivity contribution in [2.24, 2.45) is 0 Å². The van der Waals surface area contributed by atoms with E-state index in [1.54, 1.807) is 16.4 Å². The van der Waals surface area contributed by atoms with Crippen LogP contribution in [0.1, 0.15) is 32.5 Å². The van der Waals surface area contributed by atoms with Gasteiger partial charge in [0.15, 0.2) is 5.82 Å². The van der Waals surface area contributed by atoms with Crippen LogP contribution in [0.15, 0.2) is 24.7 Å². The lowest BCUT2D eigenvalue weighted by molar-refractivity contribution is 0.176. The highest BCUT2D eigenvalue weighted by molar-refractivity contribution is 9.11. The van der Waals surface area contributed by atoms with Gasteiger partial charge >= 0.3 is 0 Å². The summed E-state index contributed by atoms with van der Waals surface area (Å²) in [5.41, 5.74) is -0.174. The van der Waals surface area contributed by atoms with E-state index in [0.717, 1.165) is 3.79 Å². The van der Waals surface area contributed by atoms with E-state index in [-0.39, 0.29) is 5.41 Å². The van der Waals surface area contributed by atoms with Crippen molar-refractivity contribution >= 4 is 37.3 Å². The normalized spacial score (nSPS) is 17.9. The number of hydrogen-bond donors (Lipinski definition) is 0. The Morgan fingerprint density at radius 2 is 1.92 bits per heavy atom. The maximum atomic E-state index is 12.6. The Kier molecular flexibility index (Phi) is 5.36. The highest BCUT2D eigenvalue weighted by Gasteiger charge is 2.30. The van der Waals surface area contributed by atoms with Gasteiger partial charge in [-0.05, 0) is 28.1 Å². The van der Waals surface area contributed by atoms with Gasteiger partial charge in [-0.25, -0.2) is 8.42 Å². The first-order valence-electron chi connectivity index (χ1n) is 7.97. The zero-order valence-electron chi connectivity index (χ0n) is 14.4. The Morgan fingerprint density at radius 3 is 2.44 bits per heavy atom. The topological polar surface area (TPSA) is 79.5 Å². The van der Waals surface area contributed by atoms with Crippen molar-refractivity contribution in [1.82, 2.24) is 19.3 Å². The van der Waals surface area contributed by atoms with Crippen LogP contribution in [-0.2, 0) is 22.0 Å². The number of nitrogens with zero attached hydrogens (tertiary/aromatic N) is 4. The van der Waals surface area contributed by atoms with Crippen molar-refractivity contribution in [1.29, 1.82) is 0 Å². The summed E-state index contributed by atoms with van der Waals surface area (Å²) in [6.45, 7) is 8.85. The second-order valence-corrected chi connectivity index (χ2v) is 11.6. The molecule has 138 valence electrons. The first-order chi connectivity index (χ1) is 11.7. The lowest BCUT2D eigenvalue weighted by Crippen LogP contribution is -2.48. The van der Waals surface area contributed by atoms with Crippen LogP contribution in [0.4, 0.5) is 0 Å². The van der Waals surface area contributed by atoms with Crippen LogP contribution < -0.4 is 0 Å². The molecule has 1 saturated heterocycles. The molecule has 1 fully saturated rings. The average Bonchev–Trinajstić information content (AvgIpc) is 3.17.